The van der Waals surface area contributed by atoms with E-state index < -0.39 is 31.0 Å². The van der Waals surface area contributed by atoms with Gasteiger partial charge in [-0.25, -0.2) is 16.8 Å². The lowest BCUT2D eigenvalue weighted by Gasteiger charge is -2.23. The zero-order chi connectivity index (χ0) is 16.0. The highest BCUT2D eigenvalue weighted by Crippen LogP contribution is 2.33. The van der Waals surface area contributed by atoms with Crippen LogP contribution in [-0.4, -0.2) is 45.7 Å². The largest absolute Gasteiger partial charge is 0.309 e. The van der Waals surface area contributed by atoms with Gasteiger partial charge in [0, 0.05) is 12.1 Å². The van der Waals surface area contributed by atoms with E-state index in [4.69, 9.17) is 11.6 Å². The minimum absolute atomic E-state index is 0.105. The summed E-state index contributed by atoms with van der Waals surface area (Å²) in [6.45, 7) is 0. The van der Waals surface area contributed by atoms with Gasteiger partial charge < -0.3 is 5.32 Å². The molecule has 22 heavy (non-hydrogen) atoms. The molecule has 0 radical (unpaired) electrons. The molecule has 2 atom stereocenters. The summed E-state index contributed by atoms with van der Waals surface area (Å²) >= 11 is 6.80. The van der Waals surface area contributed by atoms with Crippen molar-refractivity contribution in [2.24, 2.45) is 0 Å². The Bertz CT molecular complexity index is 750. The molecule has 0 unspecified atom stereocenters. The van der Waals surface area contributed by atoms with Crippen molar-refractivity contribution in [3.63, 3.8) is 0 Å². The number of sulfone groups is 2. The molecule has 2 heterocycles. The van der Waals surface area contributed by atoms with E-state index in [1.807, 2.05) is 0 Å². The molecule has 0 amide bonds. The number of hydrogen-bond donors (Lipinski definition) is 1. The molecule has 1 aliphatic carbocycles. The number of hydrogen-bond acceptors (Lipinski definition) is 6. The molecule has 0 aromatic carbocycles. The fourth-order valence-corrected chi connectivity index (χ4v) is 9.66. The number of thiophene rings is 1. The van der Waals surface area contributed by atoms with Crippen LogP contribution >= 0.6 is 22.9 Å². The van der Waals surface area contributed by atoms with E-state index in [0.29, 0.717) is 4.34 Å². The normalized spacial score (nSPS) is 29.1. The first kappa shape index (κ1) is 16.7. The topological polar surface area (TPSA) is 80.3 Å². The lowest BCUT2D eigenvalue weighted by atomic mass is 10.2. The second kappa shape index (κ2) is 6.05. The molecule has 2 aliphatic rings. The van der Waals surface area contributed by atoms with Crippen molar-refractivity contribution >= 4 is 42.6 Å². The molecule has 1 aliphatic heterocycles. The van der Waals surface area contributed by atoms with Gasteiger partial charge in [-0.3, -0.25) is 0 Å². The van der Waals surface area contributed by atoms with Crippen LogP contribution in [0.3, 0.4) is 0 Å². The lowest BCUT2D eigenvalue weighted by molar-refractivity contribution is 0.450. The van der Waals surface area contributed by atoms with Crippen molar-refractivity contribution in [1.82, 2.24) is 5.32 Å². The van der Waals surface area contributed by atoms with Crippen molar-refractivity contribution < 1.29 is 16.8 Å². The molecule has 1 N–H and O–H groups in total. The van der Waals surface area contributed by atoms with E-state index in [9.17, 15) is 16.8 Å². The van der Waals surface area contributed by atoms with Crippen LogP contribution in [0.4, 0.5) is 0 Å². The summed E-state index contributed by atoms with van der Waals surface area (Å²) in [5.74, 6) is -0.415. The van der Waals surface area contributed by atoms with E-state index in [1.165, 1.54) is 12.1 Å². The first-order valence-electron chi connectivity index (χ1n) is 7.24. The minimum Gasteiger partial charge on any atom is -0.309 e. The molecular formula is C13H18ClNO4S3. The van der Waals surface area contributed by atoms with Crippen molar-refractivity contribution in [3.05, 3.63) is 16.5 Å². The van der Waals surface area contributed by atoms with E-state index in [1.54, 1.807) is 0 Å². The van der Waals surface area contributed by atoms with E-state index in [0.717, 1.165) is 37.0 Å². The van der Waals surface area contributed by atoms with Gasteiger partial charge in [0.2, 0.25) is 0 Å². The highest BCUT2D eigenvalue weighted by molar-refractivity contribution is 7.97. The average Bonchev–Trinajstić information content (AvgIpc) is 3.11. The van der Waals surface area contributed by atoms with Crippen LogP contribution in [0, 0.1) is 0 Å². The third-order valence-corrected chi connectivity index (χ3v) is 10.2. The van der Waals surface area contributed by atoms with Crippen molar-refractivity contribution in [2.75, 3.05) is 11.5 Å². The Labute approximate surface area is 139 Å². The molecule has 1 saturated carbocycles. The average molecular weight is 384 g/mol. The Morgan fingerprint density at radius 2 is 1.86 bits per heavy atom. The zero-order valence-electron chi connectivity index (χ0n) is 11.9. The molecule has 0 bridgehead atoms. The minimum atomic E-state index is -3.69. The molecule has 1 aromatic rings. The van der Waals surface area contributed by atoms with Gasteiger partial charge in [0.05, 0.1) is 21.1 Å². The Kier molecular flexibility index (Phi) is 4.59. The Hall–Kier alpha value is -0.150. The van der Waals surface area contributed by atoms with Crippen molar-refractivity contribution in [2.45, 2.75) is 47.2 Å². The Balaban J connectivity index is 1.88. The summed E-state index contributed by atoms with van der Waals surface area (Å²) in [5, 5.41) is 2.36. The van der Waals surface area contributed by atoms with Crippen LogP contribution in [0.2, 0.25) is 4.34 Å². The molecule has 2 fully saturated rings. The maximum absolute atomic E-state index is 12.8. The van der Waals surface area contributed by atoms with Crippen LogP contribution in [0.1, 0.15) is 25.7 Å². The molecular weight excluding hydrogens is 366 g/mol. The van der Waals surface area contributed by atoms with Gasteiger partial charge in [0.1, 0.15) is 4.21 Å². The monoisotopic (exact) mass is 383 g/mol. The highest BCUT2D eigenvalue weighted by atomic mass is 35.5. The van der Waals surface area contributed by atoms with Crippen molar-refractivity contribution in [3.8, 4) is 0 Å². The summed E-state index contributed by atoms with van der Waals surface area (Å²) in [7, 11) is -7.03. The van der Waals surface area contributed by atoms with Gasteiger partial charge in [-0.1, -0.05) is 24.4 Å². The predicted octanol–water partition coefficient (Wildman–Crippen LogP) is 1.87. The molecule has 0 spiro atoms. The number of rotatable bonds is 4. The van der Waals surface area contributed by atoms with E-state index in [-0.39, 0.29) is 21.8 Å². The summed E-state index contributed by atoms with van der Waals surface area (Å²) in [6, 6.07) is 2.68. The van der Waals surface area contributed by atoms with Crippen LogP contribution in [0.25, 0.3) is 0 Å². The number of nitrogens with one attached hydrogen (secondary N) is 1. The van der Waals surface area contributed by atoms with E-state index in [2.05, 4.69) is 5.32 Å². The fraction of sp³-hybridized carbons (Fsp3) is 0.692. The second-order valence-corrected chi connectivity index (χ2v) is 12.2. The summed E-state index contributed by atoms with van der Waals surface area (Å²) in [4.78, 5) is 0. The van der Waals surface area contributed by atoms with Gasteiger partial charge in [0.25, 0.3) is 0 Å². The Morgan fingerprint density at radius 3 is 2.45 bits per heavy atom. The SMILES string of the molecule is O=S1(=O)C[C@H](NC2CCCC2)[C@@H](S(=O)(=O)c2ccc(Cl)s2)C1. The summed E-state index contributed by atoms with van der Waals surface area (Å²) in [5.41, 5.74) is 0. The molecule has 5 nitrogen and oxygen atoms in total. The van der Waals surface area contributed by atoms with Gasteiger partial charge >= 0.3 is 0 Å². The third-order valence-electron chi connectivity index (χ3n) is 4.33. The standard InChI is InChI=1S/C13H18ClNO4S3/c14-12-5-6-13(20-12)22(18,19)11-8-21(16,17)7-10(11)15-9-3-1-2-4-9/h5-6,9-11,15H,1-4,7-8H2/t10-,11-/m0/s1. The highest BCUT2D eigenvalue weighted by Gasteiger charge is 2.46. The zero-order valence-corrected chi connectivity index (χ0v) is 15.1. The van der Waals surface area contributed by atoms with Crippen LogP contribution < -0.4 is 5.32 Å². The first-order valence-corrected chi connectivity index (χ1v) is 11.8. The molecule has 1 aromatic heterocycles. The smallest absolute Gasteiger partial charge is 0.193 e. The van der Waals surface area contributed by atoms with Gasteiger partial charge in [-0.15, -0.1) is 11.3 Å². The molecule has 1 saturated heterocycles. The van der Waals surface area contributed by atoms with Crippen LogP contribution in [0.15, 0.2) is 16.3 Å². The van der Waals surface area contributed by atoms with Gasteiger partial charge in [0.15, 0.2) is 19.7 Å². The quantitative estimate of drug-likeness (QED) is 0.858. The predicted molar refractivity (Wildman–Crippen MR) is 88.1 cm³/mol. The summed E-state index contributed by atoms with van der Waals surface area (Å²) in [6.07, 6.45) is 4.17. The Morgan fingerprint density at radius 1 is 1.18 bits per heavy atom. The molecule has 9 heteroatoms. The maximum atomic E-state index is 12.8. The second-order valence-electron chi connectivity index (χ2n) is 5.97. The van der Waals surface area contributed by atoms with Gasteiger partial charge in [-0.2, -0.15) is 0 Å². The van der Waals surface area contributed by atoms with Gasteiger partial charge in [-0.05, 0) is 25.0 Å². The maximum Gasteiger partial charge on any atom is 0.193 e. The molecule has 3 rings (SSSR count). The lowest BCUT2D eigenvalue weighted by Crippen LogP contribution is -2.47. The first-order chi connectivity index (χ1) is 10.3. The van der Waals surface area contributed by atoms with E-state index >= 15 is 0 Å². The van der Waals surface area contributed by atoms with Crippen molar-refractivity contribution in [1.29, 1.82) is 0 Å². The van der Waals surface area contributed by atoms with Crippen LogP contribution in [-0.2, 0) is 19.7 Å². The number of halogens is 1. The molecule has 124 valence electrons. The van der Waals surface area contributed by atoms with Crippen LogP contribution in [0.5, 0.6) is 0 Å². The fourth-order valence-electron chi connectivity index (χ4n) is 3.27. The summed E-state index contributed by atoms with van der Waals surface area (Å²) < 4.78 is 50.0. The third kappa shape index (κ3) is 3.36.